The molecule has 1 aliphatic rings. The van der Waals surface area contributed by atoms with E-state index in [0.717, 1.165) is 12.0 Å². The Morgan fingerprint density at radius 2 is 2.30 bits per heavy atom. The van der Waals surface area contributed by atoms with Crippen molar-refractivity contribution in [2.24, 2.45) is 0 Å². The Bertz CT molecular complexity index is 713. The largest absolute Gasteiger partial charge is 0.492 e. The third-order valence-electron chi connectivity index (χ3n) is 3.86. The lowest BCUT2D eigenvalue weighted by Gasteiger charge is -2.16. The second-order valence-electron chi connectivity index (χ2n) is 5.48. The third-order valence-corrected chi connectivity index (χ3v) is 3.86. The molecule has 1 aromatic heterocycles. The molecule has 1 aliphatic heterocycles. The molecule has 7 nitrogen and oxygen atoms in total. The van der Waals surface area contributed by atoms with Crippen LogP contribution in [0, 0.1) is 0 Å². The van der Waals surface area contributed by atoms with E-state index in [4.69, 9.17) is 14.0 Å². The van der Waals surface area contributed by atoms with Crippen molar-refractivity contribution in [2.45, 2.75) is 26.0 Å². The quantitative estimate of drug-likeness (QED) is 0.839. The Morgan fingerprint density at radius 3 is 3.09 bits per heavy atom. The van der Waals surface area contributed by atoms with Crippen LogP contribution in [-0.2, 0) is 17.7 Å². The fraction of sp³-hybridized carbons (Fsp3) is 0.438. The number of hydrogen-bond donors (Lipinski definition) is 0. The van der Waals surface area contributed by atoms with Crippen LogP contribution in [-0.4, -0.2) is 41.7 Å². The van der Waals surface area contributed by atoms with Crippen LogP contribution < -0.4 is 4.74 Å². The topological polar surface area (TPSA) is 77.7 Å². The van der Waals surface area contributed by atoms with E-state index < -0.39 is 0 Å². The van der Waals surface area contributed by atoms with Gasteiger partial charge < -0.3 is 18.9 Å². The standard InChI is InChI=1S/C16H19N3O4/c1-10(21-3)15-17-13(23-18-15)9-19(2)16(20)12-6-4-5-11-7-8-22-14(11)12/h4-6,10H,7-9H2,1-3H3. The van der Waals surface area contributed by atoms with Crippen LogP contribution in [0.5, 0.6) is 5.75 Å². The summed E-state index contributed by atoms with van der Waals surface area (Å²) in [6.45, 7) is 2.67. The van der Waals surface area contributed by atoms with Gasteiger partial charge in [0.15, 0.2) is 5.82 Å². The van der Waals surface area contributed by atoms with Gasteiger partial charge >= 0.3 is 0 Å². The van der Waals surface area contributed by atoms with Gasteiger partial charge in [-0.05, 0) is 18.6 Å². The van der Waals surface area contributed by atoms with Gasteiger partial charge in [-0.3, -0.25) is 4.79 Å². The van der Waals surface area contributed by atoms with Gasteiger partial charge in [-0.2, -0.15) is 4.98 Å². The zero-order valence-electron chi connectivity index (χ0n) is 13.4. The monoisotopic (exact) mass is 317 g/mol. The Labute approximate surface area is 134 Å². The molecule has 0 radical (unpaired) electrons. The molecule has 0 saturated heterocycles. The van der Waals surface area contributed by atoms with Gasteiger partial charge in [0, 0.05) is 20.6 Å². The lowest BCUT2D eigenvalue weighted by atomic mass is 10.1. The number of ether oxygens (including phenoxy) is 2. The highest BCUT2D eigenvalue weighted by molar-refractivity contribution is 5.97. The maximum absolute atomic E-state index is 12.6. The van der Waals surface area contributed by atoms with Gasteiger partial charge in [0.05, 0.1) is 18.7 Å². The summed E-state index contributed by atoms with van der Waals surface area (Å²) in [5, 5.41) is 3.86. The van der Waals surface area contributed by atoms with Crippen LogP contribution in [0.4, 0.5) is 0 Å². The SMILES string of the molecule is COC(C)c1noc(CN(C)C(=O)c2cccc3c2OCC3)n1. The summed E-state index contributed by atoms with van der Waals surface area (Å²) in [5.41, 5.74) is 1.63. The number of fused-ring (bicyclic) bond motifs is 1. The number of hydrogen-bond acceptors (Lipinski definition) is 6. The Morgan fingerprint density at radius 1 is 1.48 bits per heavy atom. The van der Waals surface area contributed by atoms with Crippen LogP contribution in [0.1, 0.15) is 40.7 Å². The highest BCUT2D eigenvalue weighted by atomic mass is 16.5. The number of rotatable bonds is 5. The highest BCUT2D eigenvalue weighted by Gasteiger charge is 2.24. The third kappa shape index (κ3) is 3.05. The number of amides is 1. The first-order valence-electron chi connectivity index (χ1n) is 7.45. The van der Waals surface area contributed by atoms with Gasteiger partial charge in [0.25, 0.3) is 5.91 Å². The molecule has 23 heavy (non-hydrogen) atoms. The van der Waals surface area contributed by atoms with E-state index >= 15 is 0 Å². The minimum Gasteiger partial charge on any atom is -0.492 e. The minimum atomic E-state index is -0.251. The van der Waals surface area contributed by atoms with Crippen molar-refractivity contribution < 1.29 is 18.8 Å². The molecule has 1 aromatic carbocycles. The zero-order valence-corrected chi connectivity index (χ0v) is 13.4. The summed E-state index contributed by atoms with van der Waals surface area (Å²) in [4.78, 5) is 18.4. The van der Waals surface area contributed by atoms with Gasteiger partial charge in [0.2, 0.25) is 5.89 Å². The number of carbonyl (C=O) groups is 1. The van der Waals surface area contributed by atoms with Crippen LogP contribution in [0.3, 0.4) is 0 Å². The van der Waals surface area contributed by atoms with E-state index in [1.807, 2.05) is 19.1 Å². The molecule has 1 unspecified atom stereocenters. The van der Waals surface area contributed by atoms with Crippen molar-refractivity contribution in [3.05, 3.63) is 41.0 Å². The van der Waals surface area contributed by atoms with Crippen LogP contribution in [0.2, 0.25) is 0 Å². The average Bonchev–Trinajstić information content (AvgIpc) is 3.21. The summed E-state index contributed by atoms with van der Waals surface area (Å²) in [6.07, 6.45) is 0.585. The van der Waals surface area contributed by atoms with E-state index in [1.165, 1.54) is 4.90 Å². The first-order chi connectivity index (χ1) is 11.1. The predicted octanol–water partition coefficient (Wildman–Crippen LogP) is 1.98. The number of para-hydroxylation sites is 1. The van der Waals surface area contributed by atoms with Gasteiger partial charge in [-0.15, -0.1) is 0 Å². The van der Waals surface area contributed by atoms with Crippen molar-refractivity contribution >= 4 is 5.91 Å². The first-order valence-corrected chi connectivity index (χ1v) is 7.45. The molecule has 0 spiro atoms. The molecular weight excluding hydrogens is 298 g/mol. The number of benzene rings is 1. The van der Waals surface area contributed by atoms with Crippen LogP contribution >= 0.6 is 0 Å². The molecule has 0 aliphatic carbocycles. The molecule has 3 rings (SSSR count). The number of methoxy groups -OCH3 is 1. The lowest BCUT2D eigenvalue weighted by molar-refractivity contribution is 0.0766. The van der Waals surface area contributed by atoms with Gasteiger partial charge in [-0.1, -0.05) is 17.3 Å². The molecular formula is C16H19N3O4. The van der Waals surface area contributed by atoms with Crippen LogP contribution in [0.25, 0.3) is 0 Å². The maximum Gasteiger partial charge on any atom is 0.257 e. The molecule has 0 fully saturated rings. The molecule has 0 saturated carbocycles. The fourth-order valence-corrected chi connectivity index (χ4v) is 2.47. The summed E-state index contributed by atoms with van der Waals surface area (Å²) in [6, 6.07) is 5.63. The Balaban J connectivity index is 1.73. The normalized spacial score (nSPS) is 14.2. The molecule has 1 amide bonds. The molecule has 0 N–H and O–H groups in total. The molecule has 2 heterocycles. The minimum absolute atomic E-state index is 0.136. The fourth-order valence-electron chi connectivity index (χ4n) is 2.47. The maximum atomic E-state index is 12.6. The lowest BCUT2D eigenvalue weighted by Crippen LogP contribution is -2.26. The molecule has 122 valence electrons. The second-order valence-corrected chi connectivity index (χ2v) is 5.48. The molecule has 2 aromatic rings. The molecule has 0 bridgehead atoms. The van der Waals surface area contributed by atoms with Crippen LogP contribution in [0.15, 0.2) is 22.7 Å². The summed E-state index contributed by atoms with van der Waals surface area (Å²) in [7, 11) is 3.27. The van der Waals surface area contributed by atoms with Crippen molar-refractivity contribution in [3.8, 4) is 5.75 Å². The number of carbonyl (C=O) groups excluding carboxylic acids is 1. The van der Waals surface area contributed by atoms with Crippen molar-refractivity contribution in [3.63, 3.8) is 0 Å². The van der Waals surface area contributed by atoms with Crippen molar-refractivity contribution in [1.82, 2.24) is 15.0 Å². The molecule has 1 atom stereocenters. The summed E-state index contributed by atoms with van der Waals surface area (Å²) in [5.74, 6) is 1.38. The zero-order chi connectivity index (χ0) is 16.4. The summed E-state index contributed by atoms with van der Waals surface area (Å²) < 4.78 is 15.9. The Kier molecular flexibility index (Phi) is 4.29. The van der Waals surface area contributed by atoms with Gasteiger partial charge in [0.1, 0.15) is 11.9 Å². The predicted molar refractivity (Wildman–Crippen MR) is 81.2 cm³/mol. The molecule has 7 heteroatoms. The average molecular weight is 317 g/mol. The summed E-state index contributed by atoms with van der Waals surface area (Å²) >= 11 is 0. The van der Waals surface area contributed by atoms with Crippen molar-refractivity contribution in [2.75, 3.05) is 20.8 Å². The van der Waals surface area contributed by atoms with E-state index in [9.17, 15) is 4.79 Å². The first kappa shape index (κ1) is 15.5. The van der Waals surface area contributed by atoms with E-state index in [2.05, 4.69) is 10.1 Å². The second kappa shape index (κ2) is 6.37. The van der Waals surface area contributed by atoms with Gasteiger partial charge in [-0.25, -0.2) is 0 Å². The number of nitrogens with zero attached hydrogens (tertiary/aromatic N) is 3. The highest BCUT2D eigenvalue weighted by Crippen LogP contribution is 2.30. The van der Waals surface area contributed by atoms with Crippen molar-refractivity contribution in [1.29, 1.82) is 0 Å². The van der Waals surface area contributed by atoms with E-state index in [0.29, 0.717) is 29.6 Å². The van der Waals surface area contributed by atoms with E-state index in [1.54, 1.807) is 20.2 Å². The smallest absolute Gasteiger partial charge is 0.257 e. The number of aromatic nitrogens is 2. The Hall–Kier alpha value is -2.41. The van der Waals surface area contributed by atoms with E-state index in [-0.39, 0.29) is 18.6 Å².